The second-order valence-electron chi connectivity index (χ2n) is 19.8. The predicted molar refractivity (Wildman–Crippen MR) is 284 cm³/mol. The number of rotatable bonds is 50. The van der Waals surface area contributed by atoms with Crippen molar-refractivity contribution in [2.75, 3.05) is 41.0 Å². The van der Waals surface area contributed by atoms with Crippen LogP contribution < -0.4 is 0 Å². The lowest BCUT2D eigenvalue weighted by atomic mass is 10.0. The Morgan fingerprint density at radius 3 is 1.24 bits per heavy atom. The molecule has 0 amide bonds. The number of quaternary nitrogens is 1. The Balaban J connectivity index is 4.21. The lowest BCUT2D eigenvalue weighted by Gasteiger charge is -2.31. The zero-order chi connectivity index (χ0) is 49.2. The summed E-state index contributed by atoms with van der Waals surface area (Å²) >= 11 is 0. The number of carboxylic acid groups (broad SMARTS) is 1. The van der Waals surface area contributed by atoms with Crippen LogP contribution in [0.2, 0.25) is 0 Å². The van der Waals surface area contributed by atoms with Gasteiger partial charge in [0, 0.05) is 19.3 Å². The molecule has 0 spiro atoms. The number of ether oxygens (including phenoxy) is 3. The van der Waals surface area contributed by atoms with Crippen LogP contribution in [0, 0.1) is 0 Å². The van der Waals surface area contributed by atoms with Crippen molar-refractivity contribution in [1.82, 2.24) is 0 Å². The number of esters is 2. The average molecular weight is 941 g/mol. The Bertz CT molecular complexity index is 1280. The van der Waals surface area contributed by atoms with Gasteiger partial charge in [-0.2, -0.15) is 0 Å². The van der Waals surface area contributed by atoms with Gasteiger partial charge in [0.15, 0.2) is 12.1 Å². The van der Waals surface area contributed by atoms with Gasteiger partial charge in [0.25, 0.3) is 0 Å². The SMILES string of the molecule is CC/C=C/C/C=C/C/C=C/C/C=C/C/C=C/CCCCCCCCCC(=O)OC(COCCC(C(=O)O)[N+](C)(C)C)COC(=O)CCCCCCCCCCCCCCCCCCCCCC. The first-order valence-corrected chi connectivity index (χ1v) is 27.8. The summed E-state index contributed by atoms with van der Waals surface area (Å²) in [6, 6.07) is -0.619. The molecule has 0 radical (unpaired) electrons. The first-order chi connectivity index (χ1) is 32.6. The van der Waals surface area contributed by atoms with Gasteiger partial charge in [0.1, 0.15) is 6.61 Å². The second kappa shape index (κ2) is 49.5. The summed E-state index contributed by atoms with van der Waals surface area (Å²) in [4.78, 5) is 37.3. The number of carbonyl (C=O) groups is 3. The number of unbranched alkanes of at least 4 members (excludes halogenated alkanes) is 26. The second-order valence-corrected chi connectivity index (χ2v) is 19.8. The van der Waals surface area contributed by atoms with Gasteiger partial charge in [-0.05, 0) is 57.8 Å². The maximum Gasteiger partial charge on any atom is 0.362 e. The Labute approximate surface area is 413 Å². The minimum absolute atomic E-state index is 0.0545. The highest BCUT2D eigenvalue weighted by atomic mass is 16.6. The molecule has 2 unspecified atom stereocenters. The average Bonchev–Trinajstić information content (AvgIpc) is 3.29. The molecule has 8 heteroatoms. The van der Waals surface area contributed by atoms with E-state index < -0.39 is 18.1 Å². The molecule has 8 nitrogen and oxygen atoms in total. The highest BCUT2D eigenvalue weighted by Gasteiger charge is 2.31. The maximum absolute atomic E-state index is 12.8. The van der Waals surface area contributed by atoms with Crippen molar-refractivity contribution in [3.05, 3.63) is 60.8 Å². The largest absolute Gasteiger partial charge is 0.477 e. The summed E-state index contributed by atoms with van der Waals surface area (Å²) in [6.07, 6.45) is 62.7. The van der Waals surface area contributed by atoms with Crippen LogP contribution in [-0.4, -0.2) is 80.6 Å². The molecule has 1 N–H and O–H groups in total. The summed E-state index contributed by atoms with van der Waals surface area (Å²) in [5, 5.41) is 9.67. The molecule has 67 heavy (non-hydrogen) atoms. The molecule has 2 atom stereocenters. The van der Waals surface area contributed by atoms with Crippen molar-refractivity contribution in [2.45, 2.75) is 257 Å². The number of hydrogen-bond acceptors (Lipinski definition) is 6. The molecule has 0 heterocycles. The number of allylic oxidation sites excluding steroid dienone is 10. The van der Waals surface area contributed by atoms with Crippen molar-refractivity contribution in [3.8, 4) is 0 Å². The normalized spacial score (nSPS) is 13.3. The first kappa shape index (κ1) is 64.0. The van der Waals surface area contributed by atoms with E-state index in [-0.39, 0.29) is 36.2 Å². The number of aliphatic carboxylic acids is 1. The highest BCUT2D eigenvalue weighted by Crippen LogP contribution is 2.16. The molecule has 388 valence electrons. The van der Waals surface area contributed by atoms with E-state index in [1.165, 1.54) is 128 Å². The third-order valence-corrected chi connectivity index (χ3v) is 12.4. The summed E-state index contributed by atoms with van der Waals surface area (Å²) in [7, 11) is 5.54. The van der Waals surface area contributed by atoms with Crippen LogP contribution in [-0.2, 0) is 28.6 Å². The fraction of sp³-hybridized carbons (Fsp3) is 0.780. The Morgan fingerprint density at radius 2 is 0.836 bits per heavy atom. The highest BCUT2D eigenvalue weighted by molar-refractivity contribution is 5.72. The Kier molecular flexibility index (Phi) is 47.3. The van der Waals surface area contributed by atoms with Gasteiger partial charge in [-0.1, -0.05) is 229 Å². The molecule has 0 aliphatic rings. The summed E-state index contributed by atoms with van der Waals surface area (Å²) < 4.78 is 17.4. The standard InChI is InChI=1S/C59H105NO7/c1-6-8-10-12-14-16-18-20-22-24-26-28-29-30-32-34-36-38-40-42-44-46-48-50-58(62)67-55(53-65-52-51-56(59(63)64)60(3,4)5)54-66-57(61)49-47-45-43-41-39-37-35-33-31-27-25-23-21-19-17-15-13-11-9-7-2/h8,10,14,16,20,22,26,28,30,32,55-56H,6-7,9,11-13,15,17-19,21,23-25,27,29,31,33-54H2,1-5H3/p+1/b10-8+,16-14+,22-20+,28-26+,32-30+. The van der Waals surface area contributed by atoms with Crippen LogP contribution in [0.5, 0.6) is 0 Å². The molecule has 0 aliphatic carbocycles. The van der Waals surface area contributed by atoms with Gasteiger partial charge in [-0.25, -0.2) is 4.79 Å². The van der Waals surface area contributed by atoms with Crippen LogP contribution in [0.25, 0.3) is 0 Å². The van der Waals surface area contributed by atoms with Crippen LogP contribution in [0.1, 0.15) is 245 Å². The third kappa shape index (κ3) is 47.9. The molecule has 0 aromatic carbocycles. The molecular formula is C59H106NO7+. The number of likely N-dealkylation sites (N-methyl/N-ethyl adjacent to an activating group) is 1. The molecular weight excluding hydrogens is 835 g/mol. The molecule has 0 bridgehead atoms. The molecule has 0 saturated heterocycles. The van der Waals surface area contributed by atoms with Crippen molar-refractivity contribution < 1.29 is 38.2 Å². The van der Waals surface area contributed by atoms with Crippen molar-refractivity contribution >= 4 is 17.9 Å². The van der Waals surface area contributed by atoms with Crippen LogP contribution >= 0.6 is 0 Å². The van der Waals surface area contributed by atoms with Crippen LogP contribution in [0.4, 0.5) is 0 Å². The van der Waals surface area contributed by atoms with E-state index in [2.05, 4.69) is 74.6 Å². The quantitative estimate of drug-likeness (QED) is 0.0281. The number of carboxylic acids is 1. The van der Waals surface area contributed by atoms with E-state index in [4.69, 9.17) is 14.2 Å². The summed E-state index contributed by atoms with van der Waals surface area (Å²) in [5.41, 5.74) is 0. The number of hydrogen-bond donors (Lipinski definition) is 1. The maximum atomic E-state index is 12.8. The molecule has 0 rings (SSSR count). The minimum atomic E-state index is -0.876. The summed E-state index contributed by atoms with van der Waals surface area (Å²) in [5.74, 6) is -1.47. The van der Waals surface area contributed by atoms with E-state index in [9.17, 15) is 19.5 Å². The molecule has 0 aliphatic heterocycles. The van der Waals surface area contributed by atoms with E-state index in [0.717, 1.165) is 83.5 Å². The van der Waals surface area contributed by atoms with Crippen molar-refractivity contribution in [1.29, 1.82) is 0 Å². The van der Waals surface area contributed by atoms with Gasteiger partial charge in [-0.15, -0.1) is 0 Å². The third-order valence-electron chi connectivity index (χ3n) is 12.4. The van der Waals surface area contributed by atoms with Crippen LogP contribution in [0.15, 0.2) is 60.8 Å². The zero-order valence-corrected chi connectivity index (χ0v) is 44.3. The monoisotopic (exact) mass is 941 g/mol. The van der Waals surface area contributed by atoms with E-state index in [1.54, 1.807) is 0 Å². The Morgan fingerprint density at radius 1 is 0.463 bits per heavy atom. The molecule has 0 saturated carbocycles. The fourth-order valence-electron chi connectivity index (χ4n) is 8.18. The minimum Gasteiger partial charge on any atom is -0.477 e. The molecule has 0 fully saturated rings. The van der Waals surface area contributed by atoms with Gasteiger partial charge >= 0.3 is 17.9 Å². The van der Waals surface area contributed by atoms with Gasteiger partial charge < -0.3 is 23.8 Å². The lowest BCUT2D eigenvalue weighted by Crippen LogP contribution is -2.50. The zero-order valence-electron chi connectivity index (χ0n) is 44.3. The van der Waals surface area contributed by atoms with Crippen molar-refractivity contribution in [2.24, 2.45) is 0 Å². The number of nitrogens with zero attached hydrogens (tertiary/aromatic N) is 1. The Hall–Kier alpha value is -2.97. The lowest BCUT2D eigenvalue weighted by molar-refractivity contribution is -0.887. The van der Waals surface area contributed by atoms with E-state index in [0.29, 0.717) is 19.3 Å². The van der Waals surface area contributed by atoms with E-state index in [1.807, 2.05) is 21.1 Å². The van der Waals surface area contributed by atoms with Crippen LogP contribution in [0.3, 0.4) is 0 Å². The van der Waals surface area contributed by atoms with Crippen molar-refractivity contribution in [3.63, 3.8) is 0 Å². The topological polar surface area (TPSA) is 99.1 Å². The molecule has 0 aromatic heterocycles. The predicted octanol–water partition coefficient (Wildman–Crippen LogP) is 16.5. The molecule has 0 aromatic rings. The smallest absolute Gasteiger partial charge is 0.362 e. The first-order valence-electron chi connectivity index (χ1n) is 27.8. The summed E-state index contributed by atoms with van der Waals surface area (Å²) in [6.45, 7) is 4.65. The van der Waals surface area contributed by atoms with Gasteiger partial charge in [0.2, 0.25) is 0 Å². The fourth-order valence-corrected chi connectivity index (χ4v) is 8.18. The number of carbonyl (C=O) groups excluding carboxylic acids is 2. The van der Waals surface area contributed by atoms with E-state index >= 15 is 0 Å². The van der Waals surface area contributed by atoms with Gasteiger partial charge in [0.05, 0.1) is 34.4 Å². The van der Waals surface area contributed by atoms with Gasteiger partial charge in [-0.3, -0.25) is 9.59 Å².